The van der Waals surface area contributed by atoms with Crippen LogP contribution in [0.1, 0.15) is 5.56 Å². The van der Waals surface area contributed by atoms with Gasteiger partial charge in [-0.05, 0) is 47.2 Å². The maximum absolute atomic E-state index is 12.2. The molecule has 0 bridgehead atoms. The minimum Gasteiger partial charge on any atom is -0.265 e. The van der Waals surface area contributed by atoms with E-state index in [4.69, 9.17) is 0 Å². The second-order valence-electron chi connectivity index (χ2n) is 3.70. The molecule has 0 atom stereocenters. The lowest BCUT2D eigenvalue weighted by molar-refractivity contribution is -0.137. The Labute approximate surface area is 112 Å². The summed E-state index contributed by atoms with van der Waals surface area (Å²) in [5.74, 6) is 0. The molecule has 1 aromatic carbocycles. The summed E-state index contributed by atoms with van der Waals surface area (Å²) in [4.78, 5) is 3.78. The highest BCUT2D eigenvalue weighted by atomic mass is 32.1. The first-order valence-electron chi connectivity index (χ1n) is 5.47. The first-order chi connectivity index (χ1) is 9.07. The number of halogens is 3. The molecule has 0 aliphatic heterocycles. The fraction of sp³-hybridized carbons (Fsp3) is 0.0714. The lowest BCUT2D eigenvalue weighted by atomic mass is 10.1. The van der Waals surface area contributed by atoms with E-state index >= 15 is 0 Å². The molecule has 3 aromatic rings. The normalized spacial score (nSPS) is 10.9. The standard InChI is InChI=1S/C9H5F3S.C5H5N/c10-9(11,12)7-1-2-8-6(5-7)3-4-13-8;1-2-4-6-5-3-1/h1-5H;1-5H. The van der Waals surface area contributed by atoms with Gasteiger partial charge in [-0.2, -0.15) is 13.2 Å². The molecule has 0 aliphatic carbocycles. The van der Waals surface area contributed by atoms with Crippen LogP contribution in [0, 0.1) is 0 Å². The number of fused-ring (bicyclic) bond motifs is 1. The van der Waals surface area contributed by atoms with Gasteiger partial charge in [0.1, 0.15) is 0 Å². The van der Waals surface area contributed by atoms with Crippen LogP contribution in [-0.4, -0.2) is 4.98 Å². The summed E-state index contributed by atoms with van der Waals surface area (Å²) < 4.78 is 37.6. The van der Waals surface area contributed by atoms with Crippen molar-refractivity contribution in [2.75, 3.05) is 0 Å². The Kier molecular flexibility index (Phi) is 4.16. The molecule has 3 rings (SSSR count). The fourth-order valence-electron chi connectivity index (χ4n) is 1.46. The number of pyridine rings is 1. The van der Waals surface area contributed by atoms with Gasteiger partial charge in [-0.15, -0.1) is 11.3 Å². The van der Waals surface area contributed by atoms with Gasteiger partial charge in [0.2, 0.25) is 0 Å². The van der Waals surface area contributed by atoms with Crippen molar-refractivity contribution >= 4 is 21.4 Å². The second-order valence-corrected chi connectivity index (χ2v) is 4.64. The predicted molar refractivity (Wildman–Crippen MR) is 71.1 cm³/mol. The van der Waals surface area contributed by atoms with E-state index in [9.17, 15) is 13.2 Å². The molecule has 1 nitrogen and oxygen atoms in total. The Hall–Kier alpha value is -1.88. The highest BCUT2D eigenvalue weighted by Gasteiger charge is 2.30. The minimum absolute atomic E-state index is 0.585. The van der Waals surface area contributed by atoms with Gasteiger partial charge in [-0.1, -0.05) is 6.07 Å². The van der Waals surface area contributed by atoms with E-state index in [0.29, 0.717) is 5.39 Å². The van der Waals surface area contributed by atoms with E-state index in [1.165, 1.54) is 23.5 Å². The van der Waals surface area contributed by atoms with E-state index in [-0.39, 0.29) is 0 Å². The Morgan fingerprint density at radius 1 is 0.947 bits per heavy atom. The number of alkyl halides is 3. The van der Waals surface area contributed by atoms with Crippen LogP contribution in [-0.2, 0) is 6.18 Å². The van der Waals surface area contributed by atoms with Crippen molar-refractivity contribution in [2.24, 2.45) is 0 Å². The van der Waals surface area contributed by atoms with Crippen molar-refractivity contribution < 1.29 is 13.2 Å². The zero-order chi connectivity index (χ0) is 13.7. The van der Waals surface area contributed by atoms with E-state index in [0.717, 1.165) is 10.8 Å². The van der Waals surface area contributed by atoms with Crippen molar-refractivity contribution in [3.8, 4) is 0 Å². The average molecular weight is 281 g/mol. The van der Waals surface area contributed by atoms with Crippen LogP contribution in [0.15, 0.2) is 60.2 Å². The molecular weight excluding hydrogens is 271 g/mol. The molecule has 0 aliphatic rings. The van der Waals surface area contributed by atoms with Crippen LogP contribution in [0.25, 0.3) is 10.1 Å². The number of hydrogen-bond donors (Lipinski definition) is 0. The quantitative estimate of drug-likeness (QED) is 0.565. The van der Waals surface area contributed by atoms with Gasteiger partial charge in [-0.3, -0.25) is 4.98 Å². The van der Waals surface area contributed by atoms with Crippen LogP contribution < -0.4 is 0 Å². The maximum atomic E-state index is 12.2. The molecule has 2 heterocycles. The highest BCUT2D eigenvalue weighted by molar-refractivity contribution is 7.17. The first kappa shape index (κ1) is 13.5. The average Bonchev–Trinajstić information content (AvgIpc) is 2.87. The summed E-state index contributed by atoms with van der Waals surface area (Å²) >= 11 is 1.44. The third kappa shape index (κ3) is 3.79. The molecule has 0 fully saturated rings. The van der Waals surface area contributed by atoms with Gasteiger partial charge in [0, 0.05) is 17.1 Å². The largest absolute Gasteiger partial charge is 0.416 e. The molecule has 0 unspecified atom stereocenters. The molecule has 0 saturated carbocycles. The molecule has 0 saturated heterocycles. The van der Waals surface area contributed by atoms with E-state index in [1.807, 2.05) is 18.2 Å². The fourth-order valence-corrected chi connectivity index (χ4v) is 2.23. The first-order valence-corrected chi connectivity index (χ1v) is 6.35. The van der Waals surface area contributed by atoms with Crippen molar-refractivity contribution in [3.05, 3.63) is 65.8 Å². The van der Waals surface area contributed by atoms with Gasteiger partial charge in [0.15, 0.2) is 0 Å². The second kappa shape index (κ2) is 5.84. The summed E-state index contributed by atoms with van der Waals surface area (Å²) in [6.07, 6.45) is -0.740. The number of thiophene rings is 1. The van der Waals surface area contributed by atoms with Gasteiger partial charge in [-0.25, -0.2) is 0 Å². The molecule has 0 spiro atoms. The summed E-state index contributed by atoms with van der Waals surface area (Å²) in [6, 6.07) is 11.2. The number of hydrogen-bond acceptors (Lipinski definition) is 2. The number of nitrogens with zero attached hydrogens (tertiary/aromatic N) is 1. The molecular formula is C14H10F3NS. The van der Waals surface area contributed by atoms with E-state index in [2.05, 4.69) is 4.98 Å². The Bertz CT molecular complexity index is 605. The third-order valence-electron chi connectivity index (χ3n) is 2.35. The SMILES string of the molecule is FC(F)(F)c1ccc2sccc2c1.c1ccncc1. The number of benzene rings is 1. The van der Waals surface area contributed by atoms with Gasteiger partial charge in [0.05, 0.1) is 5.56 Å². The van der Waals surface area contributed by atoms with Gasteiger partial charge in [0.25, 0.3) is 0 Å². The van der Waals surface area contributed by atoms with E-state index in [1.54, 1.807) is 23.8 Å². The smallest absolute Gasteiger partial charge is 0.265 e. The van der Waals surface area contributed by atoms with Crippen molar-refractivity contribution in [2.45, 2.75) is 6.18 Å². The van der Waals surface area contributed by atoms with Crippen molar-refractivity contribution in [1.82, 2.24) is 4.98 Å². The topological polar surface area (TPSA) is 12.9 Å². The lowest BCUT2D eigenvalue weighted by Gasteiger charge is -2.05. The molecule has 98 valence electrons. The van der Waals surface area contributed by atoms with Crippen molar-refractivity contribution in [1.29, 1.82) is 0 Å². The third-order valence-corrected chi connectivity index (χ3v) is 3.24. The van der Waals surface area contributed by atoms with Crippen LogP contribution in [0.4, 0.5) is 13.2 Å². The van der Waals surface area contributed by atoms with Gasteiger partial charge < -0.3 is 0 Å². The highest BCUT2D eigenvalue weighted by Crippen LogP contribution is 2.32. The molecule has 0 N–H and O–H groups in total. The molecule has 0 radical (unpaired) electrons. The maximum Gasteiger partial charge on any atom is 0.416 e. The zero-order valence-electron chi connectivity index (χ0n) is 9.76. The van der Waals surface area contributed by atoms with Gasteiger partial charge >= 0.3 is 6.18 Å². The summed E-state index contributed by atoms with van der Waals surface area (Å²) in [5, 5.41) is 2.44. The monoisotopic (exact) mass is 281 g/mol. The summed E-state index contributed by atoms with van der Waals surface area (Å²) in [5.41, 5.74) is -0.585. The predicted octanol–water partition coefficient (Wildman–Crippen LogP) is 5.00. The summed E-state index contributed by atoms with van der Waals surface area (Å²) in [7, 11) is 0. The zero-order valence-corrected chi connectivity index (χ0v) is 10.6. The Balaban J connectivity index is 0.000000186. The van der Waals surface area contributed by atoms with E-state index < -0.39 is 11.7 Å². The summed E-state index contributed by atoms with van der Waals surface area (Å²) in [6.45, 7) is 0. The Morgan fingerprint density at radius 3 is 2.21 bits per heavy atom. The Morgan fingerprint density at radius 2 is 1.68 bits per heavy atom. The van der Waals surface area contributed by atoms with Crippen LogP contribution >= 0.6 is 11.3 Å². The van der Waals surface area contributed by atoms with Crippen LogP contribution in [0.2, 0.25) is 0 Å². The molecule has 19 heavy (non-hydrogen) atoms. The molecule has 0 amide bonds. The van der Waals surface area contributed by atoms with Crippen LogP contribution in [0.5, 0.6) is 0 Å². The van der Waals surface area contributed by atoms with Crippen LogP contribution in [0.3, 0.4) is 0 Å². The minimum atomic E-state index is -4.24. The number of rotatable bonds is 0. The molecule has 5 heteroatoms. The van der Waals surface area contributed by atoms with Crippen molar-refractivity contribution in [3.63, 3.8) is 0 Å². The molecule has 2 aromatic heterocycles. The number of aromatic nitrogens is 1. The lowest BCUT2D eigenvalue weighted by Crippen LogP contribution is -2.03.